The van der Waals surface area contributed by atoms with Crippen LogP contribution in [-0.2, 0) is 20.8 Å². The van der Waals surface area contributed by atoms with Gasteiger partial charge in [-0.05, 0) is 44.0 Å². The van der Waals surface area contributed by atoms with Gasteiger partial charge in [-0.1, -0.05) is 52.6 Å². The molecule has 2 atom stereocenters. The molecule has 214 valence electrons. The van der Waals surface area contributed by atoms with Gasteiger partial charge in [0.2, 0.25) is 0 Å². The van der Waals surface area contributed by atoms with Gasteiger partial charge in [-0.15, -0.1) is 0 Å². The second kappa shape index (κ2) is 12.9. The zero-order valence-electron chi connectivity index (χ0n) is 22.1. The average Bonchev–Trinajstić information content (AvgIpc) is 3.52. The number of aromatic nitrogens is 1. The zero-order valence-corrected chi connectivity index (χ0v) is 23.6. The first kappa shape index (κ1) is 29.6. The van der Waals surface area contributed by atoms with Gasteiger partial charge in [0.1, 0.15) is 12.4 Å². The first-order valence-corrected chi connectivity index (χ1v) is 13.2. The SMILES string of the molecule is CN(C(=O)NCc1cccc(F)c1Cl)[C@H](COC(=O)Nc1cc(-c2cccc(Cl)c2)on1)C[C@@H]1COC(C)(C)O1. The van der Waals surface area contributed by atoms with Gasteiger partial charge >= 0.3 is 12.1 Å². The van der Waals surface area contributed by atoms with Crippen molar-refractivity contribution in [2.24, 2.45) is 0 Å². The Bertz CT molecular complexity index is 1350. The highest BCUT2D eigenvalue weighted by Gasteiger charge is 2.36. The standard InChI is InChI=1S/C27H29Cl2FN4O6/c1-27(2)38-15-20(39-27)11-19(34(3)25(35)31-13-17-7-5-9-21(30)24(17)29)14-37-26(36)32-23-12-22(40-33-23)16-6-4-8-18(28)10-16/h4-10,12,19-20H,11,13-15H2,1-3H3,(H,31,35)(H,32,33,36)/t19-,20+/m0/s1. The fourth-order valence-corrected chi connectivity index (χ4v) is 4.47. The lowest BCUT2D eigenvalue weighted by Gasteiger charge is -2.30. The Morgan fingerprint density at radius 2 is 2.00 bits per heavy atom. The summed E-state index contributed by atoms with van der Waals surface area (Å²) >= 11 is 12.0. The molecule has 0 aliphatic carbocycles. The van der Waals surface area contributed by atoms with E-state index in [2.05, 4.69) is 15.8 Å². The molecule has 1 saturated heterocycles. The molecule has 2 N–H and O–H groups in total. The third-order valence-electron chi connectivity index (χ3n) is 6.19. The van der Waals surface area contributed by atoms with E-state index in [0.29, 0.717) is 34.9 Å². The summed E-state index contributed by atoms with van der Waals surface area (Å²) in [6, 6.07) is 11.8. The summed E-state index contributed by atoms with van der Waals surface area (Å²) in [4.78, 5) is 26.9. The van der Waals surface area contributed by atoms with Gasteiger partial charge in [0.25, 0.3) is 0 Å². The van der Waals surface area contributed by atoms with Crippen molar-refractivity contribution in [2.45, 2.75) is 44.7 Å². The van der Waals surface area contributed by atoms with E-state index in [9.17, 15) is 14.0 Å². The van der Waals surface area contributed by atoms with Gasteiger partial charge in [0.05, 0.1) is 23.8 Å². The fourth-order valence-electron chi connectivity index (χ4n) is 4.09. The molecule has 1 aliphatic rings. The summed E-state index contributed by atoms with van der Waals surface area (Å²) < 4.78 is 36.0. The smallest absolute Gasteiger partial charge is 0.412 e. The van der Waals surface area contributed by atoms with Crippen LogP contribution in [-0.4, -0.2) is 60.4 Å². The summed E-state index contributed by atoms with van der Waals surface area (Å²) in [7, 11) is 1.56. The summed E-state index contributed by atoms with van der Waals surface area (Å²) in [6.45, 7) is 3.75. The number of likely N-dealkylation sites (N-methyl/N-ethyl adjacent to an activating group) is 1. The van der Waals surface area contributed by atoms with Crippen LogP contribution in [0.1, 0.15) is 25.8 Å². The molecule has 0 spiro atoms. The molecular weight excluding hydrogens is 566 g/mol. The lowest BCUT2D eigenvalue weighted by atomic mass is 10.1. The number of carbonyl (C=O) groups is 2. The Hall–Kier alpha value is -3.38. The van der Waals surface area contributed by atoms with Crippen molar-refractivity contribution in [3.63, 3.8) is 0 Å². The van der Waals surface area contributed by atoms with Gasteiger partial charge in [-0.3, -0.25) is 5.32 Å². The van der Waals surface area contributed by atoms with Crippen LogP contribution >= 0.6 is 23.2 Å². The van der Waals surface area contributed by atoms with Crippen molar-refractivity contribution >= 4 is 41.1 Å². The molecule has 13 heteroatoms. The van der Waals surface area contributed by atoms with E-state index in [-0.39, 0.29) is 30.1 Å². The van der Waals surface area contributed by atoms with Crippen LogP contribution in [0.25, 0.3) is 11.3 Å². The zero-order chi connectivity index (χ0) is 28.9. The first-order valence-electron chi connectivity index (χ1n) is 12.4. The van der Waals surface area contributed by atoms with Crippen LogP contribution in [0.15, 0.2) is 53.1 Å². The molecule has 3 aromatic rings. The third-order valence-corrected chi connectivity index (χ3v) is 6.85. The van der Waals surface area contributed by atoms with Gasteiger partial charge < -0.3 is 29.0 Å². The Morgan fingerprint density at radius 1 is 1.23 bits per heavy atom. The largest absolute Gasteiger partial charge is 0.447 e. The highest BCUT2D eigenvalue weighted by Crippen LogP contribution is 2.27. The normalized spacial score (nSPS) is 16.8. The maximum absolute atomic E-state index is 13.8. The Kier molecular flexibility index (Phi) is 9.52. The minimum Gasteiger partial charge on any atom is -0.447 e. The number of benzene rings is 2. The molecule has 1 aromatic heterocycles. The van der Waals surface area contributed by atoms with E-state index >= 15 is 0 Å². The highest BCUT2D eigenvalue weighted by atomic mass is 35.5. The number of nitrogens with zero attached hydrogens (tertiary/aromatic N) is 2. The predicted octanol–water partition coefficient (Wildman–Crippen LogP) is 6.09. The molecule has 2 aromatic carbocycles. The highest BCUT2D eigenvalue weighted by molar-refractivity contribution is 6.31. The average molecular weight is 595 g/mol. The lowest BCUT2D eigenvalue weighted by Crippen LogP contribution is -2.47. The van der Waals surface area contributed by atoms with Gasteiger partial charge in [0, 0.05) is 30.2 Å². The molecule has 1 aliphatic heterocycles. The molecule has 0 unspecified atom stereocenters. The third kappa shape index (κ3) is 7.85. The van der Waals surface area contributed by atoms with E-state index < -0.39 is 29.8 Å². The van der Waals surface area contributed by atoms with Crippen molar-refractivity contribution in [3.05, 3.63) is 70.0 Å². The Balaban J connectivity index is 1.37. The van der Waals surface area contributed by atoms with E-state index in [1.165, 1.54) is 23.1 Å². The number of hydrogen-bond acceptors (Lipinski definition) is 7. The second-order valence-electron chi connectivity index (χ2n) is 9.63. The molecule has 1 fully saturated rings. The monoisotopic (exact) mass is 594 g/mol. The summed E-state index contributed by atoms with van der Waals surface area (Å²) in [5.41, 5.74) is 1.12. The molecular formula is C27H29Cl2FN4O6. The van der Waals surface area contributed by atoms with Crippen LogP contribution in [0.3, 0.4) is 0 Å². The Labute approximate surface area is 240 Å². The van der Waals surface area contributed by atoms with Crippen LogP contribution in [0.2, 0.25) is 10.0 Å². The number of rotatable bonds is 9. The van der Waals surface area contributed by atoms with Gasteiger partial charge in [0.15, 0.2) is 17.4 Å². The minimum absolute atomic E-state index is 0.00498. The number of urea groups is 1. The van der Waals surface area contributed by atoms with Crippen molar-refractivity contribution in [3.8, 4) is 11.3 Å². The lowest BCUT2D eigenvalue weighted by molar-refractivity contribution is -0.140. The number of amides is 3. The van der Waals surface area contributed by atoms with Crippen LogP contribution < -0.4 is 10.6 Å². The number of anilines is 1. The van der Waals surface area contributed by atoms with E-state index in [1.807, 2.05) is 0 Å². The molecule has 3 amide bonds. The molecule has 4 rings (SSSR count). The number of halogens is 3. The predicted molar refractivity (Wildman–Crippen MR) is 147 cm³/mol. The summed E-state index contributed by atoms with van der Waals surface area (Å²) in [6.07, 6.45) is -0.805. The van der Waals surface area contributed by atoms with Gasteiger partial charge in [-0.25, -0.2) is 14.0 Å². The maximum Gasteiger partial charge on any atom is 0.412 e. The van der Waals surface area contributed by atoms with E-state index in [4.69, 9.17) is 41.9 Å². The minimum atomic E-state index is -0.791. The van der Waals surface area contributed by atoms with Crippen molar-refractivity contribution in [2.75, 3.05) is 25.6 Å². The molecule has 0 radical (unpaired) electrons. The van der Waals surface area contributed by atoms with E-state index in [0.717, 1.165) is 0 Å². The topological polar surface area (TPSA) is 115 Å². The molecule has 0 saturated carbocycles. The number of carbonyl (C=O) groups excluding carboxylic acids is 2. The molecule has 40 heavy (non-hydrogen) atoms. The molecule has 0 bridgehead atoms. The quantitative estimate of drug-likeness (QED) is 0.308. The van der Waals surface area contributed by atoms with Crippen molar-refractivity contribution < 1.29 is 32.7 Å². The first-order chi connectivity index (χ1) is 19.0. The maximum atomic E-state index is 13.8. The molecule has 2 heterocycles. The number of hydrogen-bond donors (Lipinski definition) is 2. The van der Waals surface area contributed by atoms with Crippen LogP contribution in [0.5, 0.6) is 0 Å². The van der Waals surface area contributed by atoms with E-state index in [1.54, 1.807) is 51.2 Å². The summed E-state index contributed by atoms with van der Waals surface area (Å²) in [5, 5.41) is 9.53. The number of nitrogens with one attached hydrogen (secondary N) is 2. The van der Waals surface area contributed by atoms with Gasteiger partial charge in [-0.2, -0.15) is 0 Å². The Morgan fingerprint density at radius 3 is 2.73 bits per heavy atom. The van der Waals surface area contributed by atoms with Crippen LogP contribution in [0.4, 0.5) is 19.8 Å². The fraction of sp³-hybridized carbons (Fsp3) is 0.370. The van der Waals surface area contributed by atoms with Crippen molar-refractivity contribution in [1.29, 1.82) is 0 Å². The number of ether oxygens (including phenoxy) is 3. The van der Waals surface area contributed by atoms with Crippen molar-refractivity contribution in [1.82, 2.24) is 15.4 Å². The molecule has 10 nitrogen and oxygen atoms in total. The van der Waals surface area contributed by atoms with Crippen LogP contribution in [0, 0.1) is 5.82 Å². The second-order valence-corrected chi connectivity index (χ2v) is 10.4. The summed E-state index contributed by atoms with van der Waals surface area (Å²) in [5.74, 6) is -0.794.